The molecule has 0 atom stereocenters. The topological polar surface area (TPSA) is 3.24 Å². The Hall–Kier alpha value is -1.43. The van der Waals surface area contributed by atoms with E-state index < -0.39 is 18.5 Å². The van der Waals surface area contributed by atoms with E-state index in [4.69, 9.17) is 0 Å². The van der Waals surface area contributed by atoms with Crippen molar-refractivity contribution in [2.45, 2.75) is 44.3 Å². The summed E-state index contributed by atoms with van der Waals surface area (Å²) in [6, 6.07) is 9.98. The van der Waals surface area contributed by atoms with E-state index in [1.807, 2.05) is 37.4 Å². The fourth-order valence-corrected chi connectivity index (χ4v) is 2.10. The summed E-state index contributed by atoms with van der Waals surface area (Å²) >= 11 is 0. The van der Waals surface area contributed by atoms with Gasteiger partial charge in [0, 0.05) is 13.0 Å². The minimum atomic E-state index is -5.46. The molecule has 130 valence electrons. The maximum absolute atomic E-state index is 12.7. The molecule has 6 heteroatoms. The van der Waals surface area contributed by atoms with Crippen molar-refractivity contribution < 1.29 is 22.0 Å². The maximum Gasteiger partial charge on any atom is 0.453 e. The summed E-state index contributed by atoms with van der Waals surface area (Å²) in [6.07, 6.45) is -2.36. The van der Waals surface area contributed by atoms with Crippen molar-refractivity contribution in [3.05, 3.63) is 48.0 Å². The van der Waals surface area contributed by atoms with Crippen LogP contribution in [-0.4, -0.2) is 30.6 Å². The van der Waals surface area contributed by atoms with E-state index >= 15 is 0 Å². The molecule has 0 fully saturated rings. The van der Waals surface area contributed by atoms with E-state index in [0.717, 1.165) is 19.5 Å². The largest absolute Gasteiger partial charge is 0.453 e. The lowest BCUT2D eigenvalue weighted by Crippen LogP contribution is -2.35. The number of unbranched alkanes of at least 4 members (excludes halogenated alkanes) is 1. The highest BCUT2D eigenvalue weighted by Crippen LogP contribution is 2.38. The molecule has 0 saturated heterocycles. The molecule has 1 rings (SSSR count). The first-order valence-electron chi connectivity index (χ1n) is 7.54. The van der Waals surface area contributed by atoms with Crippen molar-refractivity contribution in [1.29, 1.82) is 0 Å². The van der Waals surface area contributed by atoms with E-state index in [0.29, 0.717) is 6.42 Å². The second-order valence-corrected chi connectivity index (χ2v) is 5.58. The molecule has 0 bridgehead atoms. The Labute approximate surface area is 133 Å². The van der Waals surface area contributed by atoms with E-state index in [1.54, 1.807) is 6.08 Å². The van der Waals surface area contributed by atoms with Crippen molar-refractivity contribution in [1.82, 2.24) is 4.90 Å². The summed E-state index contributed by atoms with van der Waals surface area (Å²) in [4.78, 5) is 2.14. The molecule has 1 aromatic rings. The molecule has 0 N–H and O–H groups in total. The third-order valence-corrected chi connectivity index (χ3v) is 3.41. The molecule has 0 radical (unpaired) electrons. The van der Waals surface area contributed by atoms with Gasteiger partial charge in [-0.15, -0.1) is 0 Å². The quantitative estimate of drug-likeness (QED) is 0.330. The van der Waals surface area contributed by atoms with Gasteiger partial charge in [-0.2, -0.15) is 22.0 Å². The normalized spacial score (nSPS) is 13.2. The van der Waals surface area contributed by atoms with Gasteiger partial charge in [-0.25, -0.2) is 0 Å². The van der Waals surface area contributed by atoms with Crippen LogP contribution in [0.3, 0.4) is 0 Å². The van der Waals surface area contributed by atoms with Gasteiger partial charge in [0.2, 0.25) is 0 Å². The highest BCUT2D eigenvalue weighted by molar-refractivity contribution is 5.14. The fourth-order valence-electron chi connectivity index (χ4n) is 2.10. The number of hydrogen-bond donors (Lipinski definition) is 0. The Bertz CT molecular complexity index is 468. The molecule has 1 aromatic carbocycles. The van der Waals surface area contributed by atoms with Crippen LogP contribution in [0.25, 0.3) is 0 Å². The van der Waals surface area contributed by atoms with Gasteiger partial charge < -0.3 is 4.90 Å². The van der Waals surface area contributed by atoms with Gasteiger partial charge in [-0.1, -0.05) is 42.5 Å². The predicted octanol–water partition coefficient (Wildman–Crippen LogP) is 5.43. The minimum Gasteiger partial charge on any atom is -0.302 e. The molecule has 0 heterocycles. The lowest BCUT2D eigenvalue weighted by Gasteiger charge is -2.18. The lowest BCUT2D eigenvalue weighted by atomic mass is 10.1. The zero-order valence-corrected chi connectivity index (χ0v) is 13.1. The van der Waals surface area contributed by atoms with Crippen molar-refractivity contribution in [3.8, 4) is 0 Å². The van der Waals surface area contributed by atoms with Gasteiger partial charge in [0.25, 0.3) is 0 Å². The minimum absolute atomic E-state index is 0.271. The molecule has 0 amide bonds. The van der Waals surface area contributed by atoms with Crippen LogP contribution in [0.1, 0.15) is 31.2 Å². The second-order valence-electron chi connectivity index (χ2n) is 5.58. The molecular formula is C17H22F5N. The molecule has 0 unspecified atom stereocenters. The molecule has 0 aliphatic rings. The first-order valence-corrected chi connectivity index (χ1v) is 7.54. The van der Waals surface area contributed by atoms with E-state index in [-0.39, 0.29) is 6.42 Å². The maximum atomic E-state index is 12.7. The van der Waals surface area contributed by atoms with Crippen LogP contribution < -0.4 is 0 Å². The third kappa shape index (κ3) is 7.59. The van der Waals surface area contributed by atoms with Gasteiger partial charge >= 0.3 is 12.1 Å². The van der Waals surface area contributed by atoms with Crippen LogP contribution in [0.5, 0.6) is 0 Å². The second kappa shape index (κ2) is 9.01. The number of nitrogens with zero attached hydrogens (tertiary/aromatic N) is 1. The van der Waals surface area contributed by atoms with E-state index in [1.165, 1.54) is 11.6 Å². The Morgan fingerprint density at radius 3 is 2.17 bits per heavy atom. The van der Waals surface area contributed by atoms with E-state index in [9.17, 15) is 22.0 Å². The van der Waals surface area contributed by atoms with Gasteiger partial charge in [-0.3, -0.25) is 0 Å². The highest BCUT2D eigenvalue weighted by Gasteiger charge is 2.56. The molecule has 0 aromatic heterocycles. The smallest absolute Gasteiger partial charge is 0.302 e. The fraction of sp³-hybridized carbons (Fsp3) is 0.529. The van der Waals surface area contributed by atoms with Crippen molar-refractivity contribution in [3.63, 3.8) is 0 Å². The van der Waals surface area contributed by atoms with Crippen LogP contribution in [0, 0.1) is 0 Å². The number of rotatable bonds is 9. The number of halogens is 5. The zero-order valence-electron chi connectivity index (χ0n) is 13.1. The Balaban J connectivity index is 2.15. The first-order chi connectivity index (χ1) is 10.7. The lowest BCUT2D eigenvalue weighted by molar-refractivity contribution is -0.283. The molecule has 23 heavy (non-hydrogen) atoms. The zero-order chi connectivity index (χ0) is 17.3. The molecule has 0 aliphatic carbocycles. The average molecular weight is 335 g/mol. The van der Waals surface area contributed by atoms with Crippen LogP contribution in [0.4, 0.5) is 22.0 Å². The number of benzene rings is 1. The van der Waals surface area contributed by atoms with Crippen LogP contribution in [0.15, 0.2) is 42.5 Å². The van der Waals surface area contributed by atoms with E-state index in [2.05, 4.69) is 4.90 Å². The molecule has 0 aliphatic heterocycles. The summed E-state index contributed by atoms with van der Waals surface area (Å²) in [5.41, 5.74) is 1.21. The van der Waals surface area contributed by atoms with Crippen molar-refractivity contribution in [2.75, 3.05) is 13.6 Å². The molecule has 1 nitrogen and oxygen atoms in total. The Morgan fingerprint density at radius 2 is 1.57 bits per heavy atom. The summed E-state index contributed by atoms with van der Waals surface area (Å²) in [5.74, 6) is -4.60. The van der Waals surface area contributed by atoms with Gasteiger partial charge in [0.05, 0.1) is 0 Å². The summed E-state index contributed by atoms with van der Waals surface area (Å²) in [7, 11) is 1.99. The summed E-state index contributed by atoms with van der Waals surface area (Å²) in [6.45, 7) is 1.65. The first kappa shape index (κ1) is 19.6. The Morgan fingerprint density at radius 1 is 0.957 bits per heavy atom. The Kier molecular flexibility index (Phi) is 7.68. The number of allylic oxidation sites excluding steroid dienone is 2. The van der Waals surface area contributed by atoms with Gasteiger partial charge in [0.1, 0.15) is 0 Å². The van der Waals surface area contributed by atoms with Gasteiger partial charge in [-0.05, 0) is 38.4 Å². The van der Waals surface area contributed by atoms with Crippen LogP contribution in [-0.2, 0) is 6.54 Å². The van der Waals surface area contributed by atoms with Crippen molar-refractivity contribution >= 4 is 0 Å². The predicted molar refractivity (Wildman–Crippen MR) is 81.4 cm³/mol. The summed E-state index contributed by atoms with van der Waals surface area (Å²) in [5, 5.41) is 0. The molecule has 0 saturated carbocycles. The third-order valence-electron chi connectivity index (χ3n) is 3.41. The van der Waals surface area contributed by atoms with Crippen molar-refractivity contribution in [2.24, 2.45) is 0 Å². The van der Waals surface area contributed by atoms with Crippen LogP contribution in [0.2, 0.25) is 0 Å². The number of alkyl halides is 5. The number of hydrogen-bond acceptors (Lipinski definition) is 1. The SMILES string of the molecule is CN(CCC/C=C\CCC(F)(F)C(F)(F)F)Cc1ccccc1. The van der Waals surface area contributed by atoms with Gasteiger partial charge in [0.15, 0.2) is 0 Å². The standard InChI is InChI=1S/C17H22F5N/c1-23(14-15-10-6-5-7-11-15)13-9-4-2-3-8-12-16(18,19)17(20,21)22/h2-3,5-7,10-11H,4,8-9,12-14H2,1H3/b3-2-. The molecular weight excluding hydrogens is 313 g/mol. The highest BCUT2D eigenvalue weighted by atomic mass is 19.4. The average Bonchev–Trinajstić information content (AvgIpc) is 2.46. The molecule has 0 spiro atoms. The summed E-state index contributed by atoms with van der Waals surface area (Å²) < 4.78 is 61.2. The monoisotopic (exact) mass is 335 g/mol. The van der Waals surface area contributed by atoms with Crippen LogP contribution >= 0.6 is 0 Å².